The molecule has 2 aromatic rings. The van der Waals surface area contributed by atoms with Crippen LogP contribution in [0.2, 0.25) is 0 Å². The van der Waals surface area contributed by atoms with Crippen molar-refractivity contribution in [1.29, 1.82) is 0 Å². The summed E-state index contributed by atoms with van der Waals surface area (Å²) in [6.45, 7) is 0.104. The van der Waals surface area contributed by atoms with Crippen LogP contribution >= 0.6 is 23.1 Å². The molecule has 0 saturated carbocycles. The summed E-state index contributed by atoms with van der Waals surface area (Å²) in [7, 11) is 0. The fourth-order valence-corrected chi connectivity index (χ4v) is 3.13. The van der Waals surface area contributed by atoms with E-state index >= 15 is 0 Å². The highest BCUT2D eigenvalue weighted by molar-refractivity contribution is 7.98. The van der Waals surface area contributed by atoms with Crippen molar-refractivity contribution in [3.8, 4) is 0 Å². The Labute approximate surface area is 90.7 Å². The van der Waals surface area contributed by atoms with E-state index < -0.39 is 0 Å². The zero-order valence-electron chi connectivity index (χ0n) is 7.78. The first-order valence-corrected chi connectivity index (χ1v) is 6.25. The Morgan fingerprint density at radius 2 is 2.21 bits per heavy atom. The number of thioether (sulfide) groups is 1. The Morgan fingerprint density at radius 1 is 1.43 bits per heavy atom. The van der Waals surface area contributed by atoms with Gasteiger partial charge in [0.05, 0.1) is 6.61 Å². The molecule has 4 heteroatoms. The predicted octanol–water partition coefficient (Wildman–Crippen LogP) is 2.70. The van der Waals surface area contributed by atoms with E-state index in [2.05, 4.69) is 0 Å². The predicted molar refractivity (Wildman–Crippen MR) is 63.9 cm³/mol. The Kier molecular flexibility index (Phi) is 2.67. The minimum atomic E-state index is 0.104. The lowest BCUT2D eigenvalue weighted by atomic mass is 10.2. The quantitative estimate of drug-likeness (QED) is 0.610. The van der Waals surface area contributed by atoms with Gasteiger partial charge < -0.3 is 10.8 Å². The second-order valence-electron chi connectivity index (χ2n) is 3.01. The summed E-state index contributed by atoms with van der Waals surface area (Å²) in [6.07, 6.45) is 2.03. The van der Waals surface area contributed by atoms with E-state index in [-0.39, 0.29) is 6.61 Å². The first kappa shape index (κ1) is 9.83. The second-order valence-corrected chi connectivity index (χ2v) is 5.02. The Balaban J connectivity index is 2.71. The molecule has 0 spiro atoms. The number of benzene rings is 1. The smallest absolute Gasteiger partial charge is 0.0774 e. The molecule has 0 unspecified atom stereocenters. The molecular weight excluding hydrogens is 214 g/mol. The van der Waals surface area contributed by atoms with Crippen molar-refractivity contribution in [1.82, 2.24) is 0 Å². The maximum Gasteiger partial charge on any atom is 0.0774 e. The lowest BCUT2D eigenvalue weighted by molar-refractivity contribution is 0.285. The van der Waals surface area contributed by atoms with Crippen LogP contribution in [0.1, 0.15) is 4.88 Å². The van der Waals surface area contributed by atoms with E-state index in [4.69, 9.17) is 10.8 Å². The maximum absolute atomic E-state index is 9.04. The Bertz CT molecular complexity index is 464. The molecule has 0 atom stereocenters. The first-order chi connectivity index (χ1) is 6.74. The molecule has 1 aromatic heterocycles. The minimum absolute atomic E-state index is 0.104. The average molecular weight is 225 g/mol. The van der Waals surface area contributed by atoms with Crippen molar-refractivity contribution >= 4 is 38.9 Å². The summed E-state index contributed by atoms with van der Waals surface area (Å²) in [6, 6.07) is 5.96. The van der Waals surface area contributed by atoms with Crippen LogP contribution in [0, 0.1) is 0 Å². The summed E-state index contributed by atoms with van der Waals surface area (Å²) in [5, 5.41) is 10.2. The van der Waals surface area contributed by atoms with Gasteiger partial charge in [-0.15, -0.1) is 23.1 Å². The largest absolute Gasteiger partial charge is 0.399 e. The number of nitrogens with two attached hydrogens (primary N) is 1. The van der Waals surface area contributed by atoms with E-state index in [0.29, 0.717) is 0 Å². The van der Waals surface area contributed by atoms with E-state index in [0.717, 1.165) is 15.3 Å². The lowest BCUT2D eigenvalue weighted by Gasteiger charge is -2.00. The number of fused-ring (bicyclic) bond motifs is 1. The molecule has 3 N–H and O–H groups in total. The number of aliphatic hydroxyl groups excluding tert-OH is 1. The zero-order valence-corrected chi connectivity index (χ0v) is 9.41. The van der Waals surface area contributed by atoms with Gasteiger partial charge in [0.25, 0.3) is 0 Å². The van der Waals surface area contributed by atoms with Gasteiger partial charge in [-0.1, -0.05) is 0 Å². The maximum atomic E-state index is 9.04. The molecule has 0 saturated heterocycles. The summed E-state index contributed by atoms with van der Waals surface area (Å²) in [4.78, 5) is 2.16. The second kappa shape index (κ2) is 3.81. The van der Waals surface area contributed by atoms with Crippen molar-refractivity contribution < 1.29 is 5.11 Å². The minimum Gasteiger partial charge on any atom is -0.399 e. The third-order valence-corrected chi connectivity index (χ3v) is 3.89. The van der Waals surface area contributed by atoms with E-state index in [1.165, 1.54) is 10.3 Å². The molecule has 74 valence electrons. The summed E-state index contributed by atoms with van der Waals surface area (Å²) < 4.78 is 1.15. The van der Waals surface area contributed by atoms with Crippen LogP contribution in [0.15, 0.2) is 23.1 Å². The molecule has 14 heavy (non-hydrogen) atoms. The zero-order chi connectivity index (χ0) is 10.1. The molecule has 0 radical (unpaired) electrons. The van der Waals surface area contributed by atoms with Crippen molar-refractivity contribution in [2.45, 2.75) is 11.5 Å². The fraction of sp³-hybridized carbons (Fsp3) is 0.200. The Hall–Kier alpha value is -0.710. The lowest BCUT2D eigenvalue weighted by Crippen LogP contribution is -1.83. The Morgan fingerprint density at radius 3 is 2.86 bits per heavy atom. The van der Waals surface area contributed by atoms with Crippen LogP contribution in [0.4, 0.5) is 5.69 Å². The van der Waals surface area contributed by atoms with Crippen LogP contribution in [0.5, 0.6) is 0 Å². The van der Waals surface area contributed by atoms with Crippen molar-refractivity contribution in [2.75, 3.05) is 12.0 Å². The number of thiophene rings is 1. The molecule has 2 rings (SSSR count). The topological polar surface area (TPSA) is 46.2 Å². The number of anilines is 1. The van der Waals surface area contributed by atoms with Gasteiger partial charge in [0.1, 0.15) is 0 Å². The standard InChI is InChI=1S/C10H11NOS2/c1-13-9-2-6(11)3-10-8(9)4-7(5-12)14-10/h2-4,12H,5,11H2,1H3. The van der Waals surface area contributed by atoms with Crippen LogP contribution in [-0.2, 0) is 6.61 Å². The molecule has 0 aliphatic carbocycles. The highest BCUT2D eigenvalue weighted by Crippen LogP contribution is 2.34. The van der Waals surface area contributed by atoms with Gasteiger partial charge in [-0.3, -0.25) is 0 Å². The highest BCUT2D eigenvalue weighted by atomic mass is 32.2. The normalized spacial score (nSPS) is 11.0. The number of aliphatic hydroxyl groups is 1. The van der Waals surface area contributed by atoms with Crippen LogP contribution in [-0.4, -0.2) is 11.4 Å². The fourth-order valence-electron chi connectivity index (χ4n) is 1.43. The third-order valence-electron chi connectivity index (χ3n) is 2.05. The van der Waals surface area contributed by atoms with Gasteiger partial charge >= 0.3 is 0 Å². The van der Waals surface area contributed by atoms with Gasteiger partial charge in [-0.05, 0) is 24.5 Å². The molecule has 0 fully saturated rings. The first-order valence-electron chi connectivity index (χ1n) is 4.21. The summed E-state index contributed by atoms with van der Waals surface area (Å²) in [5.41, 5.74) is 6.57. The number of hydrogen-bond donors (Lipinski definition) is 2. The summed E-state index contributed by atoms with van der Waals surface area (Å²) >= 11 is 3.28. The number of hydrogen-bond acceptors (Lipinski definition) is 4. The van der Waals surface area contributed by atoms with Gasteiger partial charge in [-0.2, -0.15) is 0 Å². The molecule has 2 nitrogen and oxygen atoms in total. The molecule has 0 amide bonds. The van der Waals surface area contributed by atoms with Crippen LogP contribution < -0.4 is 5.73 Å². The molecule has 0 aliphatic heterocycles. The molecule has 0 bridgehead atoms. The van der Waals surface area contributed by atoms with Crippen LogP contribution in [0.3, 0.4) is 0 Å². The SMILES string of the molecule is CSc1cc(N)cc2sc(CO)cc12. The molecule has 1 aromatic carbocycles. The number of rotatable bonds is 2. The highest BCUT2D eigenvalue weighted by Gasteiger charge is 2.06. The van der Waals surface area contributed by atoms with Gasteiger partial charge in [0.15, 0.2) is 0 Å². The van der Waals surface area contributed by atoms with Gasteiger partial charge in [0.2, 0.25) is 0 Å². The van der Waals surface area contributed by atoms with Crippen molar-refractivity contribution in [2.24, 2.45) is 0 Å². The molecular formula is C10H11NOS2. The van der Waals surface area contributed by atoms with Crippen molar-refractivity contribution in [3.63, 3.8) is 0 Å². The molecule has 0 aliphatic rings. The van der Waals surface area contributed by atoms with E-state index in [9.17, 15) is 0 Å². The average Bonchev–Trinajstić information content (AvgIpc) is 2.59. The summed E-state index contributed by atoms with van der Waals surface area (Å²) in [5.74, 6) is 0. The number of nitrogen functional groups attached to an aromatic ring is 1. The third kappa shape index (κ3) is 1.61. The van der Waals surface area contributed by atoms with Gasteiger partial charge in [0, 0.05) is 25.5 Å². The van der Waals surface area contributed by atoms with Crippen molar-refractivity contribution in [3.05, 3.63) is 23.1 Å². The molecule has 1 heterocycles. The van der Waals surface area contributed by atoms with E-state index in [1.54, 1.807) is 23.1 Å². The van der Waals surface area contributed by atoms with E-state index in [1.807, 2.05) is 24.5 Å². The van der Waals surface area contributed by atoms with Gasteiger partial charge in [-0.25, -0.2) is 0 Å². The van der Waals surface area contributed by atoms with Crippen LogP contribution in [0.25, 0.3) is 10.1 Å². The monoisotopic (exact) mass is 225 g/mol.